The first-order valence-electron chi connectivity index (χ1n) is 7.14. The van der Waals surface area contributed by atoms with Gasteiger partial charge in [0.1, 0.15) is 0 Å². The fourth-order valence-corrected chi connectivity index (χ4v) is 3.28. The molecule has 1 aromatic heterocycles. The van der Waals surface area contributed by atoms with Gasteiger partial charge in [-0.2, -0.15) is 0 Å². The third-order valence-electron chi connectivity index (χ3n) is 3.27. The van der Waals surface area contributed by atoms with Crippen LogP contribution in [0.4, 0.5) is 5.69 Å². The van der Waals surface area contributed by atoms with Crippen LogP contribution in [0.5, 0.6) is 0 Å². The minimum atomic E-state index is -0.682. The number of carbonyl (C=O) groups is 2. The van der Waals surface area contributed by atoms with Crippen molar-refractivity contribution in [3.8, 4) is 0 Å². The molecule has 0 unspecified atom stereocenters. The number of hydrogen-bond donors (Lipinski definition) is 1. The van der Waals surface area contributed by atoms with Gasteiger partial charge in [0.05, 0.1) is 16.4 Å². The number of ether oxygens (including phenoxy) is 1. The number of carbonyl (C=O) groups excluding carboxylic acids is 2. The zero-order valence-electron chi connectivity index (χ0n) is 12.9. The summed E-state index contributed by atoms with van der Waals surface area (Å²) >= 11 is 13.1. The number of nitrogens with two attached hydrogens (primary N) is 1. The number of halogens is 2. The summed E-state index contributed by atoms with van der Waals surface area (Å²) in [6.07, 6.45) is 0. The first-order valence-corrected chi connectivity index (χ1v) is 8.72. The fraction of sp³-hybridized carbons (Fsp3) is 0.250. The lowest BCUT2D eigenvalue weighted by molar-refractivity contribution is -0.134. The number of rotatable bonds is 6. The predicted octanol–water partition coefficient (Wildman–Crippen LogP) is 3.84. The minimum Gasteiger partial charge on any atom is -0.452 e. The van der Waals surface area contributed by atoms with E-state index in [9.17, 15) is 9.59 Å². The first-order chi connectivity index (χ1) is 11.4. The summed E-state index contributed by atoms with van der Waals surface area (Å²) < 4.78 is 5.72. The number of benzene rings is 1. The van der Waals surface area contributed by atoms with Crippen molar-refractivity contribution in [2.75, 3.05) is 18.9 Å². The summed E-state index contributed by atoms with van der Waals surface area (Å²) in [5.41, 5.74) is 6.11. The topological polar surface area (TPSA) is 72.6 Å². The lowest BCUT2D eigenvalue weighted by Crippen LogP contribution is -2.33. The molecular weight excluding hydrogens is 371 g/mol. The van der Waals surface area contributed by atoms with E-state index in [0.29, 0.717) is 22.4 Å². The van der Waals surface area contributed by atoms with Crippen molar-refractivity contribution < 1.29 is 14.3 Å². The van der Waals surface area contributed by atoms with E-state index in [2.05, 4.69) is 0 Å². The molecule has 5 nitrogen and oxygen atoms in total. The van der Waals surface area contributed by atoms with Crippen LogP contribution in [0.25, 0.3) is 0 Å². The van der Waals surface area contributed by atoms with Crippen LogP contribution in [0.15, 0.2) is 30.3 Å². The Hall–Kier alpha value is -1.76. The Morgan fingerprint density at radius 3 is 2.62 bits per heavy atom. The molecule has 0 aliphatic heterocycles. The third-order valence-corrected chi connectivity index (χ3v) is 4.72. The number of hydrogen-bond acceptors (Lipinski definition) is 5. The second-order valence-corrected chi connectivity index (χ2v) is 7.16. The molecule has 1 aromatic carbocycles. The van der Waals surface area contributed by atoms with Gasteiger partial charge in [-0.1, -0.05) is 23.2 Å². The van der Waals surface area contributed by atoms with Crippen LogP contribution in [0.1, 0.15) is 22.2 Å². The van der Waals surface area contributed by atoms with E-state index in [-0.39, 0.29) is 23.8 Å². The van der Waals surface area contributed by atoms with Crippen LogP contribution in [-0.2, 0) is 16.1 Å². The molecule has 0 saturated carbocycles. The summed E-state index contributed by atoms with van der Waals surface area (Å²) in [7, 11) is 0. The molecule has 1 heterocycles. The number of nitrogen functional groups attached to an aromatic ring is 1. The van der Waals surface area contributed by atoms with Gasteiger partial charge in [0.15, 0.2) is 6.61 Å². The zero-order chi connectivity index (χ0) is 17.7. The van der Waals surface area contributed by atoms with Gasteiger partial charge in [0.25, 0.3) is 5.91 Å². The van der Waals surface area contributed by atoms with E-state index < -0.39 is 5.97 Å². The Balaban J connectivity index is 1.95. The molecule has 2 N–H and O–H groups in total. The van der Waals surface area contributed by atoms with Gasteiger partial charge in [-0.15, -0.1) is 11.3 Å². The molecule has 0 bridgehead atoms. The number of amides is 1. The number of likely N-dealkylation sites (N-methyl/N-ethyl adjacent to an activating group) is 1. The van der Waals surface area contributed by atoms with E-state index in [1.165, 1.54) is 23.5 Å². The van der Waals surface area contributed by atoms with E-state index in [1.54, 1.807) is 17.0 Å². The lowest BCUT2D eigenvalue weighted by Gasteiger charge is -2.20. The van der Waals surface area contributed by atoms with Crippen LogP contribution in [0.2, 0.25) is 9.36 Å². The Morgan fingerprint density at radius 1 is 1.25 bits per heavy atom. The molecule has 0 fully saturated rings. The molecule has 1 amide bonds. The first kappa shape index (κ1) is 18.6. The van der Waals surface area contributed by atoms with Crippen LogP contribution in [0, 0.1) is 0 Å². The molecule has 0 radical (unpaired) electrons. The second kappa shape index (κ2) is 8.37. The standard InChI is InChI=1S/C16H16Cl2N2O3S/c1-2-20(8-11-4-6-14(18)24-11)15(21)9-23-16(22)12-7-10(17)3-5-13(12)19/h3-7H,2,8-9,19H2,1H3. The molecule has 2 aromatic rings. The predicted molar refractivity (Wildman–Crippen MR) is 96.6 cm³/mol. The van der Waals surface area contributed by atoms with Crippen molar-refractivity contribution in [3.63, 3.8) is 0 Å². The van der Waals surface area contributed by atoms with E-state index in [4.69, 9.17) is 33.7 Å². The highest BCUT2D eigenvalue weighted by atomic mass is 35.5. The third kappa shape index (κ3) is 4.87. The van der Waals surface area contributed by atoms with E-state index >= 15 is 0 Å². The van der Waals surface area contributed by atoms with Crippen LogP contribution in [-0.4, -0.2) is 29.9 Å². The fourth-order valence-electron chi connectivity index (χ4n) is 2.00. The summed E-state index contributed by atoms with van der Waals surface area (Å²) in [6, 6.07) is 8.14. The Kier molecular flexibility index (Phi) is 6.48. The number of nitrogens with zero attached hydrogens (tertiary/aromatic N) is 1. The molecule has 128 valence electrons. The summed E-state index contributed by atoms with van der Waals surface area (Å²) in [4.78, 5) is 26.8. The Morgan fingerprint density at radius 2 is 2.00 bits per heavy atom. The van der Waals surface area contributed by atoms with Gasteiger partial charge < -0.3 is 15.4 Å². The van der Waals surface area contributed by atoms with Crippen molar-refractivity contribution in [3.05, 3.63) is 50.1 Å². The molecule has 0 aliphatic carbocycles. The van der Waals surface area contributed by atoms with Gasteiger partial charge in [-0.05, 0) is 37.3 Å². The summed E-state index contributed by atoms with van der Waals surface area (Å²) in [5, 5.41) is 0.368. The van der Waals surface area contributed by atoms with Crippen molar-refractivity contribution >= 4 is 52.1 Å². The van der Waals surface area contributed by atoms with Crippen molar-refractivity contribution in [1.82, 2.24) is 4.90 Å². The minimum absolute atomic E-state index is 0.142. The van der Waals surface area contributed by atoms with E-state index in [1.807, 2.05) is 13.0 Å². The Labute approximate surface area is 153 Å². The molecule has 2 rings (SSSR count). The maximum Gasteiger partial charge on any atom is 0.340 e. The average molecular weight is 387 g/mol. The molecule has 0 atom stereocenters. The molecule has 0 aliphatic rings. The highest BCUT2D eigenvalue weighted by molar-refractivity contribution is 7.16. The van der Waals surface area contributed by atoms with Crippen LogP contribution in [0.3, 0.4) is 0 Å². The smallest absolute Gasteiger partial charge is 0.340 e. The van der Waals surface area contributed by atoms with Crippen molar-refractivity contribution in [2.24, 2.45) is 0 Å². The maximum atomic E-state index is 12.2. The zero-order valence-corrected chi connectivity index (χ0v) is 15.2. The molecule has 0 spiro atoms. The highest BCUT2D eigenvalue weighted by Gasteiger charge is 2.18. The van der Waals surface area contributed by atoms with Gasteiger partial charge in [-0.25, -0.2) is 4.79 Å². The SMILES string of the molecule is CCN(Cc1ccc(Cl)s1)C(=O)COC(=O)c1cc(Cl)ccc1N. The maximum absolute atomic E-state index is 12.2. The molecule has 8 heteroatoms. The van der Waals surface area contributed by atoms with Gasteiger partial charge in [-0.3, -0.25) is 4.79 Å². The normalized spacial score (nSPS) is 10.5. The number of thiophene rings is 1. The lowest BCUT2D eigenvalue weighted by atomic mass is 10.2. The number of anilines is 1. The monoisotopic (exact) mass is 386 g/mol. The average Bonchev–Trinajstić information content (AvgIpc) is 2.97. The number of esters is 1. The van der Waals surface area contributed by atoms with Gasteiger partial charge in [0.2, 0.25) is 0 Å². The summed E-state index contributed by atoms with van der Waals surface area (Å²) in [5.74, 6) is -0.977. The molecule has 24 heavy (non-hydrogen) atoms. The molecule has 0 saturated heterocycles. The van der Waals surface area contributed by atoms with Crippen molar-refractivity contribution in [2.45, 2.75) is 13.5 Å². The van der Waals surface area contributed by atoms with Gasteiger partial charge >= 0.3 is 5.97 Å². The summed E-state index contributed by atoms with van der Waals surface area (Å²) in [6.45, 7) is 2.40. The van der Waals surface area contributed by atoms with Crippen LogP contribution >= 0.6 is 34.5 Å². The van der Waals surface area contributed by atoms with Crippen molar-refractivity contribution in [1.29, 1.82) is 0 Å². The van der Waals surface area contributed by atoms with Gasteiger partial charge in [0, 0.05) is 22.1 Å². The quantitative estimate of drug-likeness (QED) is 0.604. The molecular formula is C16H16Cl2N2O3S. The Bertz CT molecular complexity index is 749. The largest absolute Gasteiger partial charge is 0.452 e. The second-order valence-electron chi connectivity index (χ2n) is 4.92. The van der Waals surface area contributed by atoms with E-state index in [0.717, 1.165) is 4.88 Å². The van der Waals surface area contributed by atoms with Crippen LogP contribution < -0.4 is 5.73 Å². The highest BCUT2D eigenvalue weighted by Crippen LogP contribution is 2.23.